The number of benzene rings is 5. The number of rotatable bonds is 8. The van der Waals surface area contributed by atoms with Crippen LogP contribution in [-0.2, 0) is 9.47 Å². The minimum absolute atomic E-state index is 0.307. The molecule has 0 saturated carbocycles. The smallest absolute Gasteiger partial charge is 0.339 e. The molecule has 5 rings (SSSR count). The van der Waals surface area contributed by atoms with Crippen LogP contribution < -0.4 is 10.2 Å². The molecule has 0 aromatic heterocycles. The number of anilines is 5. The van der Waals surface area contributed by atoms with Crippen molar-refractivity contribution >= 4 is 40.4 Å². The van der Waals surface area contributed by atoms with Gasteiger partial charge in [0.05, 0.1) is 31.0 Å². The predicted octanol–water partition coefficient (Wildman–Crippen LogP) is 8.14. The number of methoxy groups -OCH3 is 2. The maximum atomic E-state index is 12.5. The van der Waals surface area contributed by atoms with Crippen molar-refractivity contribution in [1.82, 2.24) is 0 Å². The molecule has 0 aliphatic carbocycles. The van der Waals surface area contributed by atoms with Gasteiger partial charge in [-0.05, 0) is 66.2 Å². The molecule has 1 N–H and O–H groups in total. The molecule has 0 spiro atoms. The summed E-state index contributed by atoms with van der Waals surface area (Å²) < 4.78 is 9.83. The minimum Gasteiger partial charge on any atom is -0.465 e. The molecule has 5 aromatic rings. The van der Waals surface area contributed by atoms with Gasteiger partial charge in [0.1, 0.15) is 0 Å². The molecule has 0 unspecified atom stereocenters. The third-order valence-corrected chi connectivity index (χ3v) is 6.51. The molecule has 40 heavy (non-hydrogen) atoms. The number of hydrogen-bond acceptors (Lipinski definition) is 6. The number of esters is 2. The summed E-state index contributed by atoms with van der Waals surface area (Å²) in [5.74, 6) is -1.01. The van der Waals surface area contributed by atoms with E-state index in [4.69, 9.17) is 9.47 Å². The molecule has 0 aliphatic heterocycles. The van der Waals surface area contributed by atoms with Crippen LogP contribution in [0.2, 0.25) is 0 Å². The number of nitrogens with one attached hydrogen (secondary N) is 1. The Bertz CT molecular complexity index is 1580. The van der Waals surface area contributed by atoms with Gasteiger partial charge in [-0.2, -0.15) is 0 Å². The highest BCUT2D eigenvalue weighted by molar-refractivity contribution is 6.00. The topological polar surface area (TPSA) is 67.9 Å². The molecule has 0 bridgehead atoms. The summed E-state index contributed by atoms with van der Waals surface area (Å²) in [5, 5.41) is 3.34. The van der Waals surface area contributed by atoms with Gasteiger partial charge >= 0.3 is 11.9 Å². The highest BCUT2D eigenvalue weighted by Crippen LogP contribution is 2.37. The van der Waals surface area contributed by atoms with Crippen molar-refractivity contribution in [2.24, 2.45) is 0 Å². The Balaban J connectivity index is 1.51. The zero-order chi connectivity index (χ0) is 27.9. The summed E-state index contributed by atoms with van der Waals surface area (Å²) in [4.78, 5) is 26.9. The standard InChI is InChI=1S/C34H28N2O4/c1-39-33(37)25-19-22-30(34(38)40-2)32(23-25)35-31-16-10-9-15-29(31)24-17-20-28(21-18-24)36(26-11-5-3-6-12-26)27-13-7-4-8-14-27/h3-23,35H,1-2H3. The summed E-state index contributed by atoms with van der Waals surface area (Å²) in [7, 11) is 2.64. The number of ether oxygens (including phenoxy) is 2. The van der Waals surface area contributed by atoms with Crippen LogP contribution >= 0.6 is 0 Å². The lowest BCUT2D eigenvalue weighted by Gasteiger charge is -2.25. The normalized spacial score (nSPS) is 10.4. The first-order valence-corrected chi connectivity index (χ1v) is 12.8. The molecule has 0 atom stereocenters. The highest BCUT2D eigenvalue weighted by atomic mass is 16.5. The summed E-state index contributed by atoms with van der Waals surface area (Å²) in [6, 6.07) is 41.3. The van der Waals surface area contributed by atoms with Crippen molar-refractivity contribution in [3.05, 3.63) is 139 Å². The lowest BCUT2D eigenvalue weighted by Crippen LogP contribution is -2.09. The van der Waals surface area contributed by atoms with E-state index in [1.807, 2.05) is 60.7 Å². The fraction of sp³-hybridized carbons (Fsp3) is 0.0588. The lowest BCUT2D eigenvalue weighted by molar-refractivity contribution is 0.0587. The van der Waals surface area contributed by atoms with E-state index in [2.05, 4.69) is 58.7 Å². The fourth-order valence-electron chi connectivity index (χ4n) is 4.56. The number of carbonyl (C=O) groups excluding carboxylic acids is 2. The molecule has 0 saturated heterocycles. The van der Waals surface area contributed by atoms with Crippen LogP contribution in [0.15, 0.2) is 127 Å². The van der Waals surface area contributed by atoms with E-state index in [9.17, 15) is 9.59 Å². The summed E-state index contributed by atoms with van der Waals surface area (Å²) in [5.41, 5.74) is 6.89. The number of para-hydroxylation sites is 3. The fourth-order valence-corrected chi connectivity index (χ4v) is 4.56. The van der Waals surface area contributed by atoms with Crippen LogP contribution in [0.25, 0.3) is 11.1 Å². The van der Waals surface area contributed by atoms with Gasteiger partial charge in [-0.15, -0.1) is 0 Å². The van der Waals surface area contributed by atoms with Gasteiger partial charge in [0.15, 0.2) is 0 Å². The molecule has 0 radical (unpaired) electrons. The molecule has 0 aliphatic rings. The van der Waals surface area contributed by atoms with Gasteiger partial charge in [0.2, 0.25) is 0 Å². The first kappa shape index (κ1) is 26.3. The van der Waals surface area contributed by atoms with Gasteiger partial charge in [0.25, 0.3) is 0 Å². The Hall–Kier alpha value is -5.36. The Morgan fingerprint density at radius 3 is 1.73 bits per heavy atom. The maximum Gasteiger partial charge on any atom is 0.339 e. The van der Waals surface area contributed by atoms with Crippen molar-refractivity contribution < 1.29 is 19.1 Å². The first-order valence-electron chi connectivity index (χ1n) is 12.8. The van der Waals surface area contributed by atoms with Crippen molar-refractivity contribution in [1.29, 1.82) is 0 Å². The van der Waals surface area contributed by atoms with Crippen LogP contribution in [-0.4, -0.2) is 26.2 Å². The largest absolute Gasteiger partial charge is 0.465 e. The molecular weight excluding hydrogens is 500 g/mol. The van der Waals surface area contributed by atoms with E-state index in [0.29, 0.717) is 16.8 Å². The lowest BCUT2D eigenvalue weighted by atomic mass is 10.0. The number of nitrogens with zero attached hydrogens (tertiary/aromatic N) is 1. The average Bonchev–Trinajstić information content (AvgIpc) is 3.02. The van der Waals surface area contributed by atoms with Crippen LogP contribution in [0.1, 0.15) is 20.7 Å². The van der Waals surface area contributed by atoms with E-state index in [-0.39, 0.29) is 0 Å². The molecule has 0 amide bonds. The Morgan fingerprint density at radius 1 is 0.575 bits per heavy atom. The van der Waals surface area contributed by atoms with Crippen LogP contribution in [0.3, 0.4) is 0 Å². The van der Waals surface area contributed by atoms with Crippen molar-refractivity contribution in [2.45, 2.75) is 0 Å². The van der Waals surface area contributed by atoms with Crippen molar-refractivity contribution in [3.8, 4) is 11.1 Å². The Kier molecular flexibility index (Phi) is 7.88. The zero-order valence-corrected chi connectivity index (χ0v) is 22.2. The summed E-state index contributed by atoms with van der Waals surface area (Å²) in [6.45, 7) is 0. The second kappa shape index (κ2) is 12.0. The van der Waals surface area contributed by atoms with Gasteiger partial charge in [0, 0.05) is 28.3 Å². The highest BCUT2D eigenvalue weighted by Gasteiger charge is 2.18. The van der Waals surface area contributed by atoms with Crippen molar-refractivity contribution in [2.75, 3.05) is 24.4 Å². The molecular formula is C34H28N2O4. The van der Waals surface area contributed by atoms with E-state index >= 15 is 0 Å². The molecule has 5 aromatic carbocycles. The second-order valence-corrected chi connectivity index (χ2v) is 8.97. The molecule has 0 fully saturated rings. The average molecular weight is 529 g/mol. The van der Waals surface area contributed by atoms with Crippen LogP contribution in [0.5, 0.6) is 0 Å². The first-order chi connectivity index (χ1) is 19.6. The third-order valence-electron chi connectivity index (χ3n) is 6.51. The summed E-state index contributed by atoms with van der Waals surface area (Å²) >= 11 is 0. The minimum atomic E-state index is -0.511. The van der Waals surface area contributed by atoms with E-state index in [0.717, 1.165) is 33.9 Å². The van der Waals surface area contributed by atoms with Gasteiger partial charge in [-0.3, -0.25) is 0 Å². The number of carbonyl (C=O) groups is 2. The molecule has 0 heterocycles. The van der Waals surface area contributed by atoms with Gasteiger partial charge in [-0.25, -0.2) is 9.59 Å². The van der Waals surface area contributed by atoms with Crippen LogP contribution in [0.4, 0.5) is 28.4 Å². The second-order valence-electron chi connectivity index (χ2n) is 8.97. The molecule has 6 nitrogen and oxygen atoms in total. The monoisotopic (exact) mass is 528 g/mol. The Morgan fingerprint density at radius 2 is 1.12 bits per heavy atom. The quantitative estimate of drug-likeness (QED) is 0.205. The van der Waals surface area contributed by atoms with Gasteiger partial charge < -0.3 is 19.7 Å². The van der Waals surface area contributed by atoms with Crippen molar-refractivity contribution in [3.63, 3.8) is 0 Å². The third kappa shape index (κ3) is 5.56. The summed E-state index contributed by atoms with van der Waals surface area (Å²) in [6.07, 6.45) is 0. The molecule has 6 heteroatoms. The SMILES string of the molecule is COC(=O)c1ccc(C(=O)OC)c(Nc2ccccc2-c2ccc(N(c3ccccc3)c3ccccc3)cc2)c1. The molecule has 198 valence electrons. The van der Waals surface area contributed by atoms with Crippen LogP contribution in [0, 0.1) is 0 Å². The predicted molar refractivity (Wildman–Crippen MR) is 159 cm³/mol. The Labute approximate surface area is 233 Å². The van der Waals surface area contributed by atoms with Gasteiger partial charge in [-0.1, -0.05) is 66.7 Å². The van der Waals surface area contributed by atoms with E-state index < -0.39 is 11.9 Å². The number of hydrogen-bond donors (Lipinski definition) is 1. The van der Waals surface area contributed by atoms with E-state index in [1.165, 1.54) is 14.2 Å². The van der Waals surface area contributed by atoms with E-state index in [1.54, 1.807) is 18.2 Å². The zero-order valence-electron chi connectivity index (χ0n) is 22.2. The maximum absolute atomic E-state index is 12.5.